The molecule has 9 heteroatoms. The summed E-state index contributed by atoms with van der Waals surface area (Å²) >= 11 is 0.519. The number of nitrogens with zero attached hydrogens (tertiary/aromatic N) is 6. The van der Waals surface area contributed by atoms with Gasteiger partial charge >= 0.3 is 16.3 Å². The minimum Gasteiger partial charge on any atom is -0.390 e. The highest BCUT2D eigenvalue weighted by Crippen LogP contribution is 2.31. The maximum absolute atomic E-state index is 12.1. The Balaban J connectivity index is 1.67. The third-order valence-electron chi connectivity index (χ3n) is 5.63. The van der Waals surface area contributed by atoms with Crippen LogP contribution in [0.15, 0.2) is 12.3 Å². The number of nitriles is 1. The van der Waals surface area contributed by atoms with Crippen LogP contribution in [0.25, 0.3) is 5.65 Å². The van der Waals surface area contributed by atoms with Crippen LogP contribution in [0.2, 0.25) is 0 Å². The number of carbonyl (C=O) groups is 1. The number of fused-ring (bicyclic) bond motifs is 1. The van der Waals surface area contributed by atoms with Gasteiger partial charge in [-0.25, -0.2) is 9.50 Å². The number of aliphatic hydroxyl groups excluding tert-OH is 1. The molecular weight excluding hydrogens is 359 g/mol. The van der Waals surface area contributed by atoms with E-state index in [1.807, 2.05) is 29.0 Å². The molecule has 0 saturated carbocycles. The second kappa shape index (κ2) is 7.12. The first-order valence-electron chi connectivity index (χ1n) is 9.44. The molecule has 1 N–H and O–H groups in total. The van der Waals surface area contributed by atoms with Crippen LogP contribution in [0, 0.1) is 24.2 Å². The van der Waals surface area contributed by atoms with Gasteiger partial charge in [0, 0.05) is 37.5 Å². The van der Waals surface area contributed by atoms with Gasteiger partial charge in [0.15, 0.2) is 5.65 Å². The minimum atomic E-state index is -0.650. The lowest BCUT2D eigenvalue weighted by Crippen LogP contribution is -2.37. The molecule has 0 aliphatic carbocycles. The summed E-state index contributed by atoms with van der Waals surface area (Å²) in [5.74, 6) is 0.392. The standard InChI is InChI=1S/C18H21N6O2.Al.2H/c1-12-8-24-17(20-18(12)23-9-13(7-19)16(26)10-23)6-14(21-24)15-4-2-3-5-22(15)11-25;;;/h6,8,13,15-16,26H,2-5,9-10H2,1H3;;;/t13-,15-,16-;;;/m0.../s1. The van der Waals surface area contributed by atoms with Crippen LogP contribution >= 0.6 is 0 Å². The number of hydrogen-bond acceptors (Lipinski definition) is 6. The Bertz CT molecular complexity index is 922. The van der Waals surface area contributed by atoms with Gasteiger partial charge in [0.25, 0.3) is 0 Å². The fourth-order valence-corrected chi connectivity index (χ4v) is 4.74. The monoisotopic (exact) mass is 382 g/mol. The zero-order valence-corrected chi connectivity index (χ0v) is 17.7. The smallest absolute Gasteiger partial charge is 0.355 e. The maximum Gasteiger partial charge on any atom is 0.355 e. The third kappa shape index (κ3) is 3.30. The number of aliphatic hydroxyl groups is 1. The van der Waals surface area contributed by atoms with E-state index in [9.17, 15) is 9.90 Å². The van der Waals surface area contributed by atoms with E-state index in [4.69, 9.17) is 15.3 Å². The molecule has 140 valence electrons. The zero-order chi connectivity index (χ0) is 19.1. The molecule has 0 spiro atoms. The third-order valence-corrected chi connectivity index (χ3v) is 6.20. The number of β-amino-alcohol motifs (C(OH)–C–C–N with tert-alkyl or cyclic N) is 1. The molecule has 0 radical (unpaired) electrons. The predicted octanol–water partition coefficient (Wildman–Crippen LogP) is 0.639. The summed E-state index contributed by atoms with van der Waals surface area (Å²) in [6, 6.07) is 4.16. The van der Waals surface area contributed by atoms with Crippen molar-refractivity contribution in [3.63, 3.8) is 0 Å². The maximum atomic E-state index is 12.1. The van der Waals surface area contributed by atoms with E-state index >= 15 is 0 Å². The molecule has 27 heavy (non-hydrogen) atoms. The summed E-state index contributed by atoms with van der Waals surface area (Å²) in [4.78, 5) is 20.7. The van der Waals surface area contributed by atoms with Crippen molar-refractivity contribution in [3.05, 3.63) is 23.5 Å². The number of hydrogen-bond donors (Lipinski definition) is 1. The van der Waals surface area contributed by atoms with E-state index in [1.165, 1.54) is 0 Å². The van der Waals surface area contributed by atoms with Gasteiger partial charge in [-0.2, -0.15) is 10.4 Å². The van der Waals surface area contributed by atoms with Crippen LogP contribution in [0.4, 0.5) is 10.6 Å². The van der Waals surface area contributed by atoms with Gasteiger partial charge in [0.1, 0.15) is 10.6 Å². The highest BCUT2D eigenvalue weighted by Gasteiger charge is 2.33. The van der Waals surface area contributed by atoms with Crippen LogP contribution in [0.1, 0.15) is 36.6 Å². The molecule has 2 aromatic rings. The summed E-state index contributed by atoms with van der Waals surface area (Å²) in [6.07, 6.45) is 4.37. The summed E-state index contributed by atoms with van der Waals surface area (Å²) < 4.78 is 1.99. The van der Waals surface area contributed by atoms with Crippen molar-refractivity contribution in [1.29, 1.82) is 5.26 Å². The topological polar surface area (TPSA) is 97.8 Å². The summed E-state index contributed by atoms with van der Waals surface area (Å²) in [5.41, 5.74) is 2.56. The Labute approximate surface area is 165 Å². The first-order chi connectivity index (χ1) is 13.0. The van der Waals surface area contributed by atoms with E-state index in [1.54, 1.807) is 4.52 Å². The van der Waals surface area contributed by atoms with Gasteiger partial charge in [0.05, 0.1) is 29.8 Å². The van der Waals surface area contributed by atoms with Crippen molar-refractivity contribution in [2.24, 2.45) is 5.92 Å². The Kier molecular flexibility index (Phi) is 4.81. The van der Waals surface area contributed by atoms with E-state index in [2.05, 4.69) is 6.07 Å². The molecule has 2 aromatic heterocycles. The van der Waals surface area contributed by atoms with E-state index in [-0.39, 0.29) is 10.8 Å². The predicted molar refractivity (Wildman–Crippen MR) is 102 cm³/mol. The van der Waals surface area contributed by atoms with Gasteiger partial charge in [-0.1, -0.05) is 0 Å². The molecule has 2 fully saturated rings. The fourth-order valence-electron chi connectivity index (χ4n) is 4.20. The van der Waals surface area contributed by atoms with Gasteiger partial charge in [-0.05, 0) is 26.2 Å². The van der Waals surface area contributed by atoms with Gasteiger partial charge in [0.2, 0.25) is 0 Å². The molecule has 0 bridgehead atoms. The molecule has 3 atom stereocenters. The van der Waals surface area contributed by atoms with E-state index < -0.39 is 12.0 Å². The molecular formula is C18H23AlN6O2. The van der Waals surface area contributed by atoms with E-state index in [0.29, 0.717) is 29.4 Å². The molecule has 2 aliphatic rings. The van der Waals surface area contributed by atoms with Crippen molar-refractivity contribution in [2.75, 3.05) is 24.5 Å². The molecule has 0 aromatic carbocycles. The summed E-state index contributed by atoms with van der Waals surface area (Å²) in [5, 5.41) is 23.9. The van der Waals surface area contributed by atoms with Crippen molar-refractivity contribution in [2.45, 2.75) is 38.3 Å². The number of anilines is 1. The lowest BCUT2D eigenvalue weighted by Gasteiger charge is -2.34. The van der Waals surface area contributed by atoms with Crippen molar-refractivity contribution >= 4 is 32.5 Å². The number of amides is 1. The van der Waals surface area contributed by atoms with Crippen molar-refractivity contribution in [3.8, 4) is 6.07 Å². The SMILES string of the molecule is Cc1cn2nc([C@@H]3CCCCN3[C](=O)[AlH2])cc2nc1N1C[C@H](O)[C@@H](C#N)C1. The molecule has 4 rings (SSSR count). The number of aryl methyl sites for hydroxylation is 1. The molecule has 4 heterocycles. The Morgan fingerprint density at radius 3 is 2.93 bits per heavy atom. The average molecular weight is 382 g/mol. The molecule has 1 amide bonds. The lowest BCUT2D eigenvalue weighted by atomic mass is 10.0. The number of likely N-dealkylation sites (tertiary alicyclic amines) is 1. The first-order valence-corrected chi connectivity index (χ1v) is 10.4. The number of rotatable bonds is 2. The highest BCUT2D eigenvalue weighted by molar-refractivity contribution is 6.56. The Morgan fingerprint density at radius 1 is 1.41 bits per heavy atom. The quantitative estimate of drug-likeness (QED) is 0.766. The highest BCUT2D eigenvalue weighted by atomic mass is 27.0. The second-order valence-electron chi connectivity index (χ2n) is 7.55. The summed E-state index contributed by atoms with van der Waals surface area (Å²) in [6.45, 7) is 3.66. The van der Waals surface area contributed by atoms with E-state index in [0.717, 1.165) is 48.5 Å². The molecule has 2 aliphatic heterocycles. The van der Waals surface area contributed by atoms with Gasteiger partial charge in [-0.3, -0.25) is 4.79 Å². The summed E-state index contributed by atoms with van der Waals surface area (Å²) in [7, 11) is 0. The second-order valence-corrected chi connectivity index (χ2v) is 8.41. The lowest BCUT2D eigenvalue weighted by molar-refractivity contribution is 0.170. The van der Waals surface area contributed by atoms with Crippen LogP contribution < -0.4 is 4.90 Å². The zero-order valence-electron chi connectivity index (χ0n) is 15.7. The van der Waals surface area contributed by atoms with Crippen LogP contribution in [0.3, 0.4) is 0 Å². The van der Waals surface area contributed by atoms with Crippen LogP contribution in [-0.2, 0) is 0 Å². The number of aromatic nitrogens is 3. The molecule has 8 nitrogen and oxygen atoms in total. The van der Waals surface area contributed by atoms with Crippen molar-refractivity contribution in [1.82, 2.24) is 19.5 Å². The average Bonchev–Trinajstić information content (AvgIpc) is 3.23. The normalized spacial score (nSPS) is 25.7. The molecule has 0 unspecified atom stereocenters. The fraction of sp³-hybridized carbons (Fsp3) is 0.556. The van der Waals surface area contributed by atoms with Crippen molar-refractivity contribution < 1.29 is 9.90 Å². The Morgan fingerprint density at radius 2 is 2.22 bits per heavy atom. The first kappa shape index (κ1) is 18.2. The van der Waals surface area contributed by atoms with Gasteiger partial charge in [-0.15, -0.1) is 0 Å². The minimum absolute atomic E-state index is 0.0331. The largest absolute Gasteiger partial charge is 0.390 e. The molecule has 2 saturated heterocycles. The number of piperidine rings is 1. The number of carbonyl (C=O) groups excluding carboxylic acids is 1. The van der Waals surface area contributed by atoms with Crippen LogP contribution in [0.5, 0.6) is 0 Å². The van der Waals surface area contributed by atoms with Crippen LogP contribution in [-0.4, -0.2) is 71.4 Å². The Hall–Kier alpha value is -2.13. The van der Waals surface area contributed by atoms with Gasteiger partial charge < -0.3 is 14.9 Å².